The summed E-state index contributed by atoms with van der Waals surface area (Å²) >= 11 is 4.59. The topological polar surface area (TPSA) is 37.3 Å². The van der Waals surface area contributed by atoms with Crippen LogP contribution >= 0.6 is 45.2 Å². The molecule has 0 aliphatic carbocycles. The summed E-state index contributed by atoms with van der Waals surface area (Å²) in [4.78, 5) is 8.36. The molecule has 0 spiro atoms. The minimum absolute atomic E-state index is 0.250. The van der Waals surface area contributed by atoms with E-state index in [9.17, 15) is 0 Å². The van der Waals surface area contributed by atoms with E-state index in [0.717, 1.165) is 0 Å². The Labute approximate surface area is 92.3 Å². The van der Waals surface area contributed by atoms with Crippen LogP contribution in [0.1, 0.15) is 0 Å². The average molecular weight is 376 g/mol. The lowest BCUT2D eigenvalue weighted by molar-refractivity contribution is -0.122. The zero-order valence-corrected chi connectivity index (χ0v) is 9.81. The second-order valence-electron chi connectivity index (χ2n) is 1.54. The molecule has 0 aliphatic heterocycles. The van der Waals surface area contributed by atoms with Crippen molar-refractivity contribution in [2.75, 3.05) is 0 Å². The fraction of sp³-hybridized carbons (Fsp3) is 0. The van der Waals surface area contributed by atoms with Gasteiger partial charge in [-0.1, -0.05) is 0 Å². The highest BCUT2D eigenvalue weighted by molar-refractivity contribution is 14.1. The molecule has 0 heterocycles. The predicted octanol–water partition coefficient (Wildman–Crippen LogP) is 2.60. The summed E-state index contributed by atoms with van der Waals surface area (Å²) in [5.41, 5.74) is 0. The van der Waals surface area contributed by atoms with Gasteiger partial charge in [-0.2, -0.15) is 0 Å². The van der Waals surface area contributed by atoms with Crippen molar-refractivity contribution in [3.05, 3.63) is 31.4 Å². The molecule has 11 heavy (non-hydrogen) atoms. The van der Waals surface area contributed by atoms with Crippen LogP contribution in [0.15, 0.2) is 24.3 Å². The summed E-state index contributed by atoms with van der Waals surface area (Å²) in [7, 11) is 0. The molecule has 60 valence electrons. The van der Waals surface area contributed by atoms with E-state index in [1.807, 2.05) is 0 Å². The SMILES string of the molecule is Ic1ccc(I)cc1.O=CO. The molecule has 0 fully saturated rings. The Morgan fingerprint density at radius 1 is 1.09 bits per heavy atom. The summed E-state index contributed by atoms with van der Waals surface area (Å²) in [6.45, 7) is -0.250. The van der Waals surface area contributed by atoms with Crippen LogP contribution in [-0.2, 0) is 4.79 Å². The second kappa shape index (κ2) is 6.84. The van der Waals surface area contributed by atoms with E-state index in [4.69, 9.17) is 9.90 Å². The fourth-order valence-electron chi connectivity index (χ4n) is 0.430. The summed E-state index contributed by atoms with van der Waals surface area (Å²) in [5.74, 6) is 0. The molecule has 0 radical (unpaired) electrons. The molecule has 0 saturated heterocycles. The molecule has 1 rings (SSSR count). The number of rotatable bonds is 0. The summed E-state index contributed by atoms with van der Waals surface area (Å²) in [5, 5.41) is 6.89. The third-order valence-electron chi connectivity index (χ3n) is 0.804. The molecule has 0 amide bonds. The highest BCUT2D eigenvalue weighted by Gasteiger charge is 1.82. The van der Waals surface area contributed by atoms with Crippen molar-refractivity contribution in [1.29, 1.82) is 0 Å². The highest BCUT2D eigenvalue weighted by Crippen LogP contribution is 2.07. The average Bonchev–Trinajstić information content (AvgIpc) is 1.97. The van der Waals surface area contributed by atoms with Crippen molar-refractivity contribution >= 4 is 51.7 Å². The van der Waals surface area contributed by atoms with Crippen LogP contribution in [0.3, 0.4) is 0 Å². The Morgan fingerprint density at radius 2 is 1.27 bits per heavy atom. The van der Waals surface area contributed by atoms with E-state index >= 15 is 0 Å². The molecule has 2 nitrogen and oxygen atoms in total. The molecular formula is C7H6I2O2. The molecule has 0 saturated carbocycles. The second-order valence-corrected chi connectivity index (χ2v) is 4.03. The van der Waals surface area contributed by atoms with Crippen LogP contribution in [0.25, 0.3) is 0 Å². The molecule has 1 aromatic carbocycles. The first-order valence-corrected chi connectivity index (χ1v) is 4.85. The monoisotopic (exact) mass is 376 g/mol. The van der Waals surface area contributed by atoms with Crippen molar-refractivity contribution in [2.45, 2.75) is 0 Å². The van der Waals surface area contributed by atoms with Gasteiger partial charge >= 0.3 is 0 Å². The van der Waals surface area contributed by atoms with Crippen LogP contribution < -0.4 is 0 Å². The van der Waals surface area contributed by atoms with Gasteiger partial charge in [0.15, 0.2) is 0 Å². The van der Waals surface area contributed by atoms with Crippen LogP contribution in [0.5, 0.6) is 0 Å². The van der Waals surface area contributed by atoms with Gasteiger partial charge in [-0.15, -0.1) is 0 Å². The van der Waals surface area contributed by atoms with Gasteiger partial charge in [0.2, 0.25) is 0 Å². The lowest BCUT2D eigenvalue weighted by Gasteiger charge is -1.87. The first-order chi connectivity index (χ1) is 5.20. The molecule has 4 heteroatoms. The first kappa shape index (κ1) is 11.2. The Hall–Kier alpha value is 0.150. The van der Waals surface area contributed by atoms with Crippen LogP contribution in [0.4, 0.5) is 0 Å². The third kappa shape index (κ3) is 6.54. The van der Waals surface area contributed by atoms with E-state index in [0.29, 0.717) is 0 Å². The standard InChI is InChI=1S/C6H4I2.CH2O2/c7-5-1-2-6(8)4-3-5;2-1-3/h1-4H;1H,(H,2,3). The van der Waals surface area contributed by atoms with Crippen molar-refractivity contribution in [3.8, 4) is 0 Å². The Morgan fingerprint density at radius 3 is 1.45 bits per heavy atom. The van der Waals surface area contributed by atoms with E-state index < -0.39 is 0 Å². The number of carbonyl (C=O) groups is 1. The Bertz CT molecular complexity index is 187. The fourth-order valence-corrected chi connectivity index (χ4v) is 1.15. The molecule has 1 N–H and O–H groups in total. The minimum Gasteiger partial charge on any atom is -0.483 e. The van der Waals surface area contributed by atoms with E-state index in [1.54, 1.807) is 0 Å². The quantitative estimate of drug-likeness (QED) is 0.559. The van der Waals surface area contributed by atoms with Gasteiger partial charge in [0, 0.05) is 7.14 Å². The summed E-state index contributed by atoms with van der Waals surface area (Å²) in [6.07, 6.45) is 0. The van der Waals surface area contributed by atoms with E-state index in [2.05, 4.69) is 69.4 Å². The molecule has 0 aliphatic rings. The molecule has 0 atom stereocenters. The predicted molar refractivity (Wildman–Crippen MR) is 60.6 cm³/mol. The molecule has 0 bridgehead atoms. The van der Waals surface area contributed by atoms with Gasteiger partial charge in [-0.05, 0) is 69.4 Å². The van der Waals surface area contributed by atoms with Gasteiger partial charge in [0.05, 0.1) is 0 Å². The van der Waals surface area contributed by atoms with Crippen LogP contribution in [0, 0.1) is 7.14 Å². The lowest BCUT2D eigenvalue weighted by Crippen LogP contribution is -1.68. The van der Waals surface area contributed by atoms with Gasteiger partial charge < -0.3 is 5.11 Å². The number of hydrogen-bond donors (Lipinski definition) is 1. The zero-order valence-electron chi connectivity index (χ0n) is 5.50. The number of benzene rings is 1. The lowest BCUT2D eigenvalue weighted by atomic mass is 10.4. The molecule has 0 aromatic heterocycles. The van der Waals surface area contributed by atoms with Crippen LogP contribution in [-0.4, -0.2) is 11.6 Å². The summed E-state index contributed by atoms with van der Waals surface area (Å²) < 4.78 is 2.59. The first-order valence-electron chi connectivity index (χ1n) is 2.69. The third-order valence-corrected chi connectivity index (χ3v) is 2.24. The maximum Gasteiger partial charge on any atom is 0.290 e. The van der Waals surface area contributed by atoms with Crippen molar-refractivity contribution in [1.82, 2.24) is 0 Å². The Balaban J connectivity index is 0.000000292. The molecular weight excluding hydrogens is 370 g/mol. The normalized spacial score (nSPS) is 7.82. The smallest absolute Gasteiger partial charge is 0.290 e. The van der Waals surface area contributed by atoms with Gasteiger partial charge in [0.25, 0.3) is 6.47 Å². The number of hydrogen-bond acceptors (Lipinski definition) is 1. The van der Waals surface area contributed by atoms with E-state index in [1.165, 1.54) is 7.14 Å². The van der Waals surface area contributed by atoms with Crippen molar-refractivity contribution in [3.63, 3.8) is 0 Å². The van der Waals surface area contributed by atoms with Gasteiger partial charge in [-0.25, -0.2) is 0 Å². The Kier molecular flexibility index (Phi) is 6.93. The maximum atomic E-state index is 8.36. The highest BCUT2D eigenvalue weighted by atomic mass is 127. The zero-order chi connectivity index (χ0) is 8.69. The molecule has 1 aromatic rings. The molecule has 0 unspecified atom stereocenters. The number of halogens is 2. The van der Waals surface area contributed by atoms with Crippen LogP contribution in [0.2, 0.25) is 0 Å². The summed E-state index contributed by atoms with van der Waals surface area (Å²) in [6, 6.07) is 8.40. The van der Waals surface area contributed by atoms with E-state index in [-0.39, 0.29) is 6.47 Å². The number of carboxylic acid groups (broad SMARTS) is 1. The van der Waals surface area contributed by atoms with Crippen molar-refractivity contribution in [2.24, 2.45) is 0 Å². The van der Waals surface area contributed by atoms with Gasteiger partial charge in [-0.3, -0.25) is 4.79 Å². The maximum absolute atomic E-state index is 8.36. The minimum atomic E-state index is -0.250. The van der Waals surface area contributed by atoms with Crippen molar-refractivity contribution < 1.29 is 9.90 Å². The largest absolute Gasteiger partial charge is 0.483 e. The van der Waals surface area contributed by atoms with Gasteiger partial charge in [0.1, 0.15) is 0 Å².